The number of rotatable bonds is 3. The van der Waals surface area contributed by atoms with Crippen LogP contribution in [0.4, 0.5) is 0 Å². The fourth-order valence-electron chi connectivity index (χ4n) is 2.18. The summed E-state index contributed by atoms with van der Waals surface area (Å²) in [6, 6.07) is 5.65. The first-order valence-corrected chi connectivity index (χ1v) is 5.49. The lowest BCUT2D eigenvalue weighted by molar-refractivity contribution is -0.138. The van der Waals surface area contributed by atoms with Gasteiger partial charge in [-0.3, -0.25) is 4.79 Å². The number of hydrogen-bond donors (Lipinski definition) is 1. The summed E-state index contributed by atoms with van der Waals surface area (Å²) < 4.78 is 5.19. The smallest absolute Gasteiger partial charge is 0.304 e. The van der Waals surface area contributed by atoms with Gasteiger partial charge in [0.05, 0.1) is 12.1 Å². The quantitative estimate of drug-likeness (QED) is 0.885. The lowest BCUT2D eigenvalue weighted by Crippen LogP contribution is -2.22. The number of carbonyl (C=O) groups is 1. The molecule has 0 aliphatic heterocycles. The topological polar surface area (TPSA) is 63.3 Å². The summed E-state index contributed by atoms with van der Waals surface area (Å²) in [5.41, 5.74) is 2.03. The van der Waals surface area contributed by atoms with Crippen molar-refractivity contribution in [2.24, 2.45) is 0 Å². The second-order valence-corrected chi connectivity index (χ2v) is 4.90. The van der Waals surface area contributed by atoms with E-state index < -0.39 is 11.4 Å². The highest BCUT2D eigenvalue weighted by atomic mass is 16.5. The number of hydrogen-bond acceptors (Lipinski definition) is 3. The van der Waals surface area contributed by atoms with E-state index in [-0.39, 0.29) is 6.42 Å². The SMILES string of the molecule is Cc1noc2cccc(C(C)(C)CC(=O)O)c12. The molecule has 0 bridgehead atoms. The molecule has 0 unspecified atom stereocenters. The monoisotopic (exact) mass is 233 g/mol. The Kier molecular flexibility index (Phi) is 2.65. The number of carboxylic acid groups (broad SMARTS) is 1. The summed E-state index contributed by atoms with van der Waals surface area (Å²) in [5.74, 6) is -0.805. The van der Waals surface area contributed by atoms with Crippen LogP contribution in [0.5, 0.6) is 0 Å². The van der Waals surface area contributed by atoms with Gasteiger partial charge in [0, 0.05) is 10.8 Å². The molecule has 90 valence electrons. The molecule has 2 aromatic rings. The number of nitrogens with zero attached hydrogens (tertiary/aromatic N) is 1. The van der Waals surface area contributed by atoms with Crippen molar-refractivity contribution in [1.82, 2.24) is 5.16 Å². The summed E-state index contributed by atoms with van der Waals surface area (Å²) >= 11 is 0. The fraction of sp³-hybridized carbons (Fsp3) is 0.385. The Morgan fingerprint density at radius 3 is 2.82 bits per heavy atom. The molecular weight excluding hydrogens is 218 g/mol. The lowest BCUT2D eigenvalue weighted by atomic mass is 9.79. The third kappa shape index (κ3) is 2.02. The molecule has 1 N–H and O–H groups in total. The normalized spacial score (nSPS) is 11.9. The van der Waals surface area contributed by atoms with Crippen molar-refractivity contribution < 1.29 is 14.4 Å². The van der Waals surface area contributed by atoms with Crippen molar-refractivity contribution in [3.8, 4) is 0 Å². The molecule has 0 atom stereocenters. The maximum absolute atomic E-state index is 10.9. The van der Waals surface area contributed by atoms with Gasteiger partial charge in [-0.1, -0.05) is 31.1 Å². The fourth-order valence-corrected chi connectivity index (χ4v) is 2.18. The van der Waals surface area contributed by atoms with E-state index in [4.69, 9.17) is 9.63 Å². The van der Waals surface area contributed by atoms with Crippen LogP contribution in [0.3, 0.4) is 0 Å². The van der Waals surface area contributed by atoms with Gasteiger partial charge in [0.2, 0.25) is 0 Å². The minimum atomic E-state index is -0.805. The summed E-state index contributed by atoms with van der Waals surface area (Å²) in [7, 11) is 0. The molecule has 0 spiro atoms. The second kappa shape index (κ2) is 3.87. The molecular formula is C13H15NO3. The van der Waals surface area contributed by atoms with Crippen molar-refractivity contribution in [3.05, 3.63) is 29.5 Å². The van der Waals surface area contributed by atoms with Gasteiger partial charge in [-0.15, -0.1) is 0 Å². The Hall–Kier alpha value is -1.84. The number of aliphatic carboxylic acids is 1. The van der Waals surface area contributed by atoms with Crippen molar-refractivity contribution in [1.29, 1.82) is 0 Å². The first kappa shape index (κ1) is 11.6. The standard InChI is InChI=1S/C13H15NO3/c1-8-12-9(13(2,3)7-11(15)16)5-4-6-10(12)17-14-8/h4-6H,7H2,1-3H3,(H,15,16). The Labute approximate surface area is 99.2 Å². The van der Waals surface area contributed by atoms with E-state index in [0.717, 1.165) is 16.6 Å². The minimum absolute atomic E-state index is 0.0801. The highest BCUT2D eigenvalue weighted by molar-refractivity contribution is 5.85. The van der Waals surface area contributed by atoms with Gasteiger partial charge < -0.3 is 9.63 Å². The molecule has 0 amide bonds. The molecule has 4 nitrogen and oxygen atoms in total. The van der Waals surface area contributed by atoms with E-state index in [1.807, 2.05) is 39.0 Å². The average Bonchev–Trinajstić information content (AvgIpc) is 2.59. The lowest BCUT2D eigenvalue weighted by Gasteiger charge is -2.23. The van der Waals surface area contributed by atoms with Crippen LogP contribution >= 0.6 is 0 Å². The zero-order valence-electron chi connectivity index (χ0n) is 10.2. The number of fused-ring (bicyclic) bond motifs is 1. The van der Waals surface area contributed by atoms with Gasteiger partial charge in [-0.2, -0.15) is 0 Å². The maximum Gasteiger partial charge on any atom is 0.304 e. The minimum Gasteiger partial charge on any atom is -0.481 e. The number of benzene rings is 1. The van der Waals surface area contributed by atoms with Crippen molar-refractivity contribution in [2.45, 2.75) is 32.6 Å². The van der Waals surface area contributed by atoms with Gasteiger partial charge >= 0.3 is 5.97 Å². The highest BCUT2D eigenvalue weighted by Crippen LogP contribution is 2.34. The Morgan fingerprint density at radius 1 is 1.47 bits per heavy atom. The summed E-state index contributed by atoms with van der Waals surface area (Å²) in [4.78, 5) is 10.9. The van der Waals surface area contributed by atoms with E-state index in [0.29, 0.717) is 5.58 Å². The molecule has 0 fully saturated rings. The molecule has 0 aliphatic carbocycles. The first-order chi connectivity index (χ1) is 7.92. The highest BCUT2D eigenvalue weighted by Gasteiger charge is 2.27. The molecule has 0 saturated carbocycles. The van der Waals surface area contributed by atoms with E-state index in [9.17, 15) is 4.79 Å². The van der Waals surface area contributed by atoms with Gasteiger partial charge in [-0.05, 0) is 18.6 Å². The van der Waals surface area contributed by atoms with E-state index >= 15 is 0 Å². The first-order valence-electron chi connectivity index (χ1n) is 5.49. The molecule has 0 radical (unpaired) electrons. The van der Waals surface area contributed by atoms with Crippen LogP contribution in [0, 0.1) is 6.92 Å². The average molecular weight is 233 g/mol. The van der Waals surface area contributed by atoms with Crippen LogP contribution < -0.4 is 0 Å². The van der Waals surface area contributed by atoms with Gasteiger partial charge in [0.25, 0.3) is 0 Å². The van der Waals surface area contributed by atoms with Crippen LogP contribution in [0.2, 0.25) is 0 Å². The summed E-state index contributed by atoms with van der Waals surface area (Å²) in [5, 5.41) is 13.8. The van der Waals surface area contributed by atoms with Crippen LogP contribution in [0.1, 0.15) is 31.5 Å². The maximum atomic E-state index is 10.9. The van der Waals surface area contributed by atoms with Crippen molar-refractivity contribution in [3.63, 3.8) is 0 Å². The summed E-state index contributed by atoms with van der Waals surface area (Å²) in [6.07, 6.45) is 0.0801. The van der Waals surface area contributed by atoms with E-state index in [2.05, 4.69) is 5.16 Å². The van der Waals surface area contributed by atoms with Gasteiger partial charge in [0.1, 0.15) is 0 Å². The molecule has 2 rings (SSSR count). The third-order valence-corrected chi connectivity index (χ3v) is 2.99. The predicted molar refractivity (Wildman–Crippen MR) is 64.0 cm³/mol. The third-order valence-electron chi connectivity index (χ3n) is 2.99. The number of carboxylic acids is 1. The number of aryl methyl sites for hydroxylation is 1. The molecule has 17 heavy (non-hydrogen) atoms. The second-order valence-electron chi connectivity index (χ2n) is 4.90. The van der Waals surface area contributed by atoms with Crippen molar-refractivity contribution in [2.75, 3.05) is 0 Å². The van der Waals surface area contributed by atoms with Crippen molar-refractivity contribution >= 4 is 16.9 Å². The van der Waals surface area contributed by atoms with Crippen LogP contribution in [-0.2, 0) is 10.2 Å². The predicted octanol–water partition coefficient (Wildman–Crippen LogP) is 2.89. The molecule has 0 aliphatic rings. The van der Waals surface area contributed by atoms with E-state index in [1.165, 1.54) is 0 Å². The zero-order chi connectivity index (χ0) is 12.6. The molecule has 1 heterocycles. The Morgan fingerprint density at radius 2 is 2.18 bits per heavy atom. The zero-order valence-corrected chi connectivity index (χ0v) is 10.2. The van der Waals surface area contributed by atoms with Gasteiger partial charge in [0.15, 0.2) is 5.58 Å². The van der Waals surface area contributed by atoms with Crippen LogP contribution in [-0.4, -0.2) is 16.2 Å². The molecule has 0 saturated heterocycles. The number of aromatic nitrogens is 1. The Bertz CT molecular complexity index is 569. The van der Waals surface area contributed by atoms with Crippen LogP contribution in [0.25, 0.3) is 11.0 Å². The molecule has 1 aromatic heterocycles. The largest absolute Gasteiger partial charge is 0.481 e. The molecule has 4 heteroatoms. The molecule has 1 aromatic carbocycles. The van der Waals surface area contributed by atoms with Gasteiger partial charge in [-0.25, -0.2) is 0 Å². The van der Waals surface area contributed by atoms with Crippen LogP contribution in [0.15, 0.2) is 22.7 Å². The summed E-state index contributed by atoms with van der Waals surface area (Å²) in [6.45, 7) is 5.71. The Balaban J connectivity index is 2.61. The van der Waals surface area contributed by atoms with E-state index in [1.54, 1.807) is 0 Å².